The van der Waals surface area contributed by atoms with Crippen LogP contribution in [0.2, 0.25) is 9.88 Å². The molecule has 0 aliphatic carbocycles. The molecule has 0 unspecified atom stereocenters. The molecule has 3 aromatic rings. The Hall–Kier alpha value is -2.61. The van der Waals surface area contributed by atoms with Crippen molar-refractivity contribution in [2.24, 2.45) is 10.2 Å². The summed E-state index contributed by atoms with van der Waals surface area (Å²) in [7, 11) is 0. The molecule has 0 N–H and O–H groups in total. The summed E-state index contributed by atoms with van der Waals surface area (Å²) >= 11 is -3.38. The van der Waals surface area contributed by atoms with Crippen molar-refractivity contribution in [2.75, 3.05) is 0 Å². The molecule has 7 heteroatoms. The van der Waals surface area contributed by atoms with Crippen molar-refractivity contribution in [3.8, 4) is 17.1 Å². The van der Waals surface area contributed by atoms with E-state index in [1.165, 1.54) is 0 Å². The van der Waals surface area contributed by atoms with Crippen LogP contribution in [-0.2, 0) is 3.07 Å². The number of hydrogen-bond acceptors (Lipinski definition) is 6. The molecule has 1 aromatic heterocycles. The first kappa shape index (κ1) is 16.8. The van der Waals surface area contributed by atoms with Gasteiger partial charge in [-0.15, -0.1) is 0 Å². The predicted molar refractivity (Wildman–Crippen MR) is 102 cm³/mol. The van der Waals surface area contributed by atoms with Gasteiger partial charge in [-0.05, 0) is 0 Å². The molecule has 0 radical (unpaired) electrons. The van der Waals surface area contributed by atoms with Gasteiger partial charge in [0.1, 0.15) is 0 Å². The molecule has 0 fully saturated rings. The Kier molecular flexibility index (Phi) is 4.50. The monoisotopic (exact) mass is 455 g/mol. The molecule has 130 valence electrons. The first-order valence-electron chi connectivity index (χ1n) is 8.21. The van der Waals surface area contributed by atoms with E-state index < -0.39 is 19.2 Å². The molecular formula is C19H17N3O3Sn. The average molecular weight is 454 g/mol. The average Bonchev–Trinajstić information content (AvgIpc) is 3.13. The van der Waals surface area contributed by atoms with Crippen molar-refractivity contribution in [1.82, 2.24) is 5.16 Å². The fourth-order valence-corrected chi connectivity index (χ4v) is 6.49. The Labute approximate surface area is 156 Å². The Morgan fingerprint density at radius 2 is 1.65 bits per heavy atom. The zero-order valence-electron chi connectivity index (χ0n) is 14.4. The number of fused-ring (bicyclic) bond motifs is 1. The summed E-state index contributed by atoms with van der Waals surface area (Å²) in [6.45, 7) is 0. The van der Waals surface area contributed by atoms with Crippen LogP contribution in [0.5, 0.6) is 5.75 Å². The van der Waals surface area contributed by atoms with Crippen molar-refractivity contribution in [2.45, 2.75) is 9.88 Å². The van der Waals surface area contributed by atoms with Crippen molar-refractivity contribution in [3.05, 3.63) is 71.9 Å². The van der Waals surface area contributed by atoms with Crippen LogP contribution in [0, 0.1) is 0 Å². The van der Waals surface area contributed by atoms with Crippen molar-refractivity contribution >= 4 is 31.3 Å². The molecular weight excluding hydrogens is 437 g/mol. The topological polar surface area (TPSA) is 69.2 Å². The molecule has 4 rings (SSSR count). The maximum atomic E-state index is 6.20. The van der Waals surface area contributed by atoms with E-state index >= 15 is 0 Å². The summed E-state index contributed by atoms with van der Waals surface area (Å²) in [5.41, 5.74) is 2.31. The van der Waals surface area contributed by atoms with Gasteiger partial charge in [-0.25, -0.2) is 0 Å². The van der Waals surface area contributed by atoms with E-state index in [1.54, 1.807) is 12.3 Å². The molecule has 2 aromatic carbocycles. The molecule has 26 heavy (non-hydrogen) atoms. The van der Waals surface area contributed by atoms with Crippen LogP contribution in [0.1, 0.15) is 11.3 Å². The van der Waals surface area contributed by atoms with Crippen molar-refractivity contribution < 1.29 is 10.7 Å². The Bertz CT molecular complexity index is 980. The predicted octanol–water partition coefficient (Wildman–Crippen LogP) is 4.23. The van der Waals surface area contributed by atoms with Crippen molar-refractivity contribution in [1.29, 1.82) is 0 Å². The number of para-hydroxylation sites is 1. The SMILES string of the molecule is [CH3][Sn]1([CH3])[O]/C(c2cc(-c3ccccc3)on2)=N\N=C/c2ccccc2[O]1. The molecule has 1 aliphatic rings. The van der Waals surface area contributed by atoms with Crippen LogP contribution in [-0.4, -0.2) is 36.5 Å². The third-order valence-corrected chi connectivity index (χ3v) is 7.74. The standard InChI is InChI=1S/C17H13N3O3.2CH3.Sn/c21-15-9-5-4-8-13(15)11-18-19-17(22)14-10-16(23-20-14)12-6-2-1-3-7-12;;;/h1-11,21H,(H,19,22);2*1H3;/q;;;+2/p-2/b18-11-;;;. The zero-order valence-corrected chi connectivity index (χ0v) is 17.3. The van der Waals surface area contributed by atoms with Crippen LogP contribution in [0.15, 0.2) is 75.4 Å². The van der Waals surface area contributed by atoms with Gasteiger partial charge in [0.25, 0.3) is 0 Å². The zero-order chi connectivity index (χ0) is 18.0. The van der Waals surface area contributed by atoms with Crippen LogP contribution in [0.4, 0.5) is 0 Å². The number of benzene rings is 2. The second kappa shape index (κ2) is 6.95. The summed E-state index contributed by atoms with van der Waals surface area (Å²) in [6.07, 6.45) is 1.66. The Morgan fingerprint density at radius 3 is 2.50 bits per heavy atom. The van der Waals surface area contributed by atoms with Gasteiger partial charge in [-0.1, -0.05) is 0 Å². The summed E-state index contributed by atoms with van der Waals surface area (Å²) in [5.74, 6) is 1.73. The number of hydrogen-bond donors (Lipinski definition) is 0. The van der Waals surface area contributed by atoms with Crippen molar-refractivity contribution in [3.63, 3.8) is 0 Å². The first-order valence-corrected chi connectivity index (χ1v) is 16.3. The van der Waals surface area contributed by atoms with Gasteiger partial charge in [0, 0.05) is 0 Å². The molecule has 0 saturated carbocycles. The van der Waals surface area contributed by atoms with Gasteiger partial charge in [0.2, 0.25) is 0 Å². The van der Waals surface area contributed by atoms with E-state index in [2.05, 4.69) is 15.4 Å². The number of aromatic nitrogens is 1. The maximum absolute atomic E-state index is 6.20. The quantitative estimate of drug-likeness (QED) is 0.544. The molecule has 1 aliphatic heterocycles. The molecule has 6 nitrogen and oxygen atoms in total. The fraction of sp³-hybridized carbons (Fsp3) is 0.105. The molecule has 0 saturated heterocycles. The third-order valence-electron chi connectivity index (χ3n) is 3.75. The van der Waals surface area contributed by atoms with Gasteiger partial charge in [0.15, 0.2) is 0 Å². The molecule has 0 atom stereocenters. The second-order valence-corrected chi connectivity index (χ2v) is 15.4. The van der Waals surface area contributed by atoms with Crippen LogP contribution >= 0.6 is 0 Å². The first-order chi connectivity index (χ1) is 12.6. The fourth-order valence-electron chi connectivity index (χ4n) is 2.58. The Balaban J connectivity index is 1.70. The van der Waals surface area contributed by atoms with Crippen LogP contribution in [0.25, 0.3) is 11.3 Å². The minimum absolute atomic E-state index is 0.320. The summed E-state index contributed by atoms with van der Waals surface area (Å²) in [6, 6.07) is 19.3. The van der Waals surface area contributed by atoms with Gasteiger partial charge >= 0.3 is 156 Å². The molecule has 0 spiro atoms. The second-order valence-electron chi connectivity index (χ2n) is 6.23. The van der Waals surface area contributed by atoms with E-state index in [1.807, 2.05) is 64.5 Å². The normalized spacial score (nSPS) is 18.8. The van der Waals surface area contributed by atoms with E-state index in [0.717, 1.165) is 16.9 Å². The summed E-state index contributed by atoms with van der Waals surface area (Å²) in [5, 5.41) is 12.5. The van der Waals surface area contributed by atoms with Gasteiger partial charge in [0.05, 0.1) is 0 Å². The summed E-state index contributed by atoms with van der Waals surface area (Å²) < 4.78 is 17.8. The number of nitrogens with zero attached hydrogens (tertiary/aromatic N) is 3. The molecule has 0 amide bonds. The van der Waals surface area contributed by atoms with E-state index in [4.69, 9.17) is 10.7 Å². The Morgan fingerprint density at radius 1 is 0.885 bits per heavy atom. The van der Waals surface area contributed by atoms with Gasteiger partial charge < -0.3 is 0 Å². The van der Waals surface area contributed by atoms with E-state index in [9.17, 15) is 0 Å². The van der Waals surface area contributed by atoms with Gasteiger partial charge in [-0.2, -0.15) is 0 Å². The molecule has 2 heterocycles. The number of rotatable bonds is 2. The van der Waals surface area contributed by atoms with E-state index in [0.29, 0.717) is 17.4 Å². The van der Waals surface area contributed by atoms with E-state index in [-0.39, 0.29) is 0 Å². The minimum atomic E-state index is -3.38. The molecule has 0 bridgehead atoms. The van der Waals surface area contributed by atoms with Gasteiger partial charge in [-0.3, -0.25) is 0 Å². The third kappa shape index (κ3) is 3.65. The summed E-state index contributed by atoms with van der Waals surface area (Å²) in [4.78, 5) is 4.04. The van der Waals surface area contributed by atoms with Crippen LogP contribution < -0.4 is 3.07 Å². The van der Waals surface area contributed by atoms with Crippen LogP contribution in [0.3, 0.4) is 0 Å².